The lowest BCUT2D eigenvalue weighted by atomic mass is 10.1. The summed E-state index contributed by atoms with van der Waals surface area (Å²) in [6.45, 7) is 0. The van der Waals surface area contributed by atoms with E-state index in [4.69, 9.17) is 14.4 Å². The van der Waals surface area contributed by atoms with Crippen LogP contribution in [0.2, 0.25) is 0 Å². The van der Waals surface area contributed by atoms with Crippen molar-refractivity contribution in [3.8, 4) is 0 Å². The third kappa shape index (κ3) is 1.83. The van der Waals surface area contributed by atoms with Gasteiger partial charge in [-0.1, -0.05) is 48.5 Å². The number of benzene rings is 5. The minimum atomic E-state index is 0.856. The Labute approximate surface area is 201 Å². The molecule has 10 aromatic rings. The van der Waals surface area contributed by atoms with Gasteiger partial charge in [-0.3, -0.25) is 8.80 Å². The largest absolute Gasteiger partial charge is 0.456 e. The van der Waals surface area contributed by atoms with Crippen molar-refractivity contribution in [3.63, 3.8) is 0 Å². The zero-order valence-electron chi connectivity index (χ0n) is 18.8. The average molecular weight is 461 g/mol. The van der Waals surface area contributed by atoms with E-state index in [1.165, 1.54) is 10.8 Å². The van der Waals surface area contributed by atoms with Crippen molar-refractivity contribution in [3.05, 3.63) is 91.0 Å². The third-order valence-corrected chi connectivity index (χ3v) is 7.74. The molecule has 0 atom stereocenters. The second kappa shape index (κ2) is 5.58. The maximum Gasteiger partial charge on any atom is 0.223 e. The van der Waals surface area contributed by atoms with Crippen LogP contribution in [0, 0.1) is 0 Å². The maximum atomic E-state index is 6.15. The fraction of sp³-hybridized carbons (Fsp3) is 0. The van der Waals surface area contributed by atoms with Crippen molar-refractivity contribution >= 4 is 82.9 Å². The molecule has 0 saturated carbocycles. The Morgan fingerprint density at radius 1 is 0.500 bits per heavy atom. The van der Waals surface area contributed by atoms with E-state index in [-0.39, 0.29) is 0 Å². The molecule has 0 aliphatic rings. The topological polar surface area (TPSA) is 52.2 Å². The van der Waals surface area contributed by atoms with Gasteiger partial charge in [-0.25, -0.2) is 14.4 Å². The van der Waals surface area contributed by atoms with Gasteiger partial charge in [0, 0.05) is 16.8 Å². The second-order valence-corrected chi connectivity index (χ2v) is 9.60. The molecule has 6 nitrogen and oxygen atoms in total. The average Bonchev–Trinajstić information content (AvgIpc) is 3.67. The van der Waals surface area contributed by atoms with Gasteiger partial charge in [-0.2, -0.15) is 0 Å². The molecule has 5 aromatic carbocycles. The van der Waals surface area contributed by atoms with Gasteiger partial charge in [-0.15, -0.1) is 0 Å². The van der Waals surface area contributed by atoms with Crippen LogP contribution in [0.3, 0.4) is 0 Å². The van der Waals surface area contributed by atoms with E-state index in [0.717, 1.165) is 72.1 Å². The van der Waals surface area contributed by atoms with Crippen molar-refractivity contribution in [1.82, 2.24) is 23.2 Å². The Balaban J connectivity index is 1.43. The van der Waals surface area contributed by atoms with Crippen LogP contribution in [0.15, 0.2) is 95.4 Å². The molecule has 36 heavy (non-hydrogen) atoms. The van der Waals surface area contributed by atoms with E-state index in [2.05, 4.69) is 92.1 Å². The first-order valence-corrected chi connectivity index (χ1v) is 12.0. The molecule has 0 spiro atoms. The van der Waals surface area contributed by atoms with Crippen LogP contribution in [0.1, 0.15) is 0 Å². The second-order valence-electron chi connectivity index (χ2n) is 9.60. The van der Waals surface area contributed by atoms with Crippen LogP contribution in [0.4, 0.5) is 0 Å². The standard InChI is InChI=1S/C30H15N5O/c1-2-7-17-13-24-20(12-16(17)6-1)31-29-33(24)22-9-5-10-23-28(22)35(29)30-32-21-15-27-19(14-25(21)34(23)30)18-8-3-4-11-26(18)36-27/h1-15H. The van der Waals surface area contributed by atoms with Gasteiger partial charge >= 0.3 is 0 Å². The highest BCUT2D eigenvalue weighted by molar-refractivity contribution is 6.11. The monoisotopic (exact) mass is 461 g/mol. The smallest absolute Gasteiger partial charge is 0.223 e. The van der Waals surface area contributed by atoms with E-state index in [1.807, 2.05) is 12.1 Å². The molecule has 0 aliphatic carbocycles. The van der Waals surface area contributed by atoms with Crippen molar-refractivity contribution in [2.24, 2.45) is 0 Å². The molecule has 0 amide bonds. The summed E-state index contributed by atoms with van der Waals surface area (Å²) >= 11 is 0. The molecular formula is C30H15N5O. The molecule has 166 valence electrons. The first-order chi connectivity index (χ1) is 17.8. The summed E-state index contributed by atoms with van der Waals surface area (Å²) in [4.78, 5) is 10.2. The van der Waals surface area contributed by atoms with Crippen molar-refractivity contribution in [2.75, 3.05) is 0 Å². The first-order valence-electron chi connectivity index (χ1n) is 12.0. The summed E-state index contributed by atoms with van der Waals surface area (Å²) in [5.74, 6) is 1.74. The molecular weight excluding hydrogens is 446 g/mol. The summed E-state index contributed by atoms with van der Waals surface area (Å²) in [7, 11) is 0. The first kappa shape index (κ1) is 17.4. The van der Waals surface area contributed by atoms with Crippen LogP contribution < -0.4 is 0 Å². The fourth-order valence-corrected chi connectivity index (χ4v) is 6.21. The van der Waals surface area contributed by atoms with Crippen LogP contribution in [-0.4, -0.2) is 23.2 Å². The zero-order valence-corrected chi connectivity index (χ0v) is 18.8. The molecule has 10 rings (SSSR count). The van der Waals surface area contributed by atoms with E-state index < -0.39 is 0 Å². The zero-order chi connectivity index (χ0) is 23.1. The number of nitrogens with zero attached hydrogens (tertiary/aromatic N) is 5. The minimum Gasteiger partial charge on any atom is -0.456 e. The van der Waals surface area contributed by atoms with Gasteiger partial charge in [0.25, 0.3) is 0 Å². The van der Waals surface area contributed by atoms with E-state index in [0.29, 0.717) is 0 Å². The predicted octanol–water partition coefficient (Wildman–Crippen LogP) is 7.18. The maximum absolute atomic E-state index is 6.15. The van der Waals surface area contributed by atoms with E-state index >= 15 is 0 Å². The highest BCUT2D eigenvalue weighted by atomic mass is 16.3. The quantitative estimate of drug-likeness (QED) is 0.240. The van der Waals surface area contributed by atoms with Crippen molar-refractivity contribution in [2.45, 2.75) is 0 Å². The fourth-order valence-electron chi connectivity index (χ4n) is 6.21. The Morgan fingerprint density at radius 2 is 1.17 bits per heavy atom. The highest BCUT2D eigenvalue weighted by Crippen LogP contribution is 2.37. The van der Waals surface area contributed by atoms with Crippen LogP contribution in [0.25, 0.3) is 82.9 Å². The summed E-state index contributed by atoms with van der Waals surface area (Å²) in [5, 5.41) is 4.63. The number of para-hydroxylation sites is 2. The molecule has 0 bridgehead atoms. The molecule has 0 N–H and O–H groups in total. The Kier molecular flexibility index (Phi) is 2.69. The number of imidazole rings is 4. The number of fused-ring (bicyclic) bond motifs is 14. The predicted molar refractivity (Wildman–Crippen MR) is 143 cm³/mol. The van der Waals surface area contributed by atoms with Crippen molar-refractivity contribution < 1.29 is 4.42 Å². The van der Waals surface area contributed by atoms with Gasteiger partial charge in [0.05, 0.1) is 33.1 Å². The Hall–Kier alpha value is -5.10. The summed E-state index contributed by atoms with van der Waals surface area (Å²) in [6.07, 6.45) is 0. The number of aromatic nitrogens is 5. The molecule has 0 aliphatic heterocycles. The Bertz CT molecular complexity index is 2540. The number of hydrogen-bond donors (Lipinski definition) is 0. The van der Waals surface area contributed by atoms with Gasteiger partial charge in [0.15, 0.2) is 0 Å². The lowest BCUT2D eigenvalue weighted by Gasteiger charge is -2.00. The van der Waals surface area contributed by atoms with Crippen LogP contribution in [0.5, 0.6) is 0 Å². The third-order valence-electron chi connectivity index (χ3n) is 7.74. The number of hydrogen-bond acceptors (Lipinski definition) is 3. The molecule has 0 saturated heterocycles. The summed E-state index contributed by atoms with van der Waals surface area (Å²) < 4.78 is 12.9. The van der Waals surface area contributed by atoms with E-state index in [9.17, 15) is 0 Å². The van der Waals surface area contributed by atoms with Crippen molar-refractivity contribution in [1.29, 1.82) is 0 Å². The normalized spacial score (nSPS) is 13.0. The highest BCUT2D eigenvalue weighted by Gasteiger charge is 2.24. The van der Waals surface area contributed by atoms with Gasteiger partial charge < -0.3 is 4.42 Å². The van der Waals surface area contributed by atoms with Gasteiger partial charge in [0.1, 0.15) is 16.7 Å². The molecule has 0 radical (unpaired) electrons. The molecule has 5 heterocycles. The number of rotatable bonds is 0. The lowest BCUT2D eigenvalue weighted by molar-refractivity contribution is 0.669. The molecule has 0 fully saturated rings. The van der Waals surface area contributed by atoms with Gasteiger partial charge in [-0.05, 0) is 47.2 Å². The Morgan fingerprint density at radius 3 is 1.97 bits per heavy atom. The minimum absolute atomic E-state index is 0.856. The molecule has 6 heteroatoms. The SMILES string of the molecule is c1ccc2cc3c(cc2c1)nc1n3c2cccc3c2n1c1nc2cc4oc5ccccc5c4cc2n31. The van der Waals surface area contributed by atoms with Crippen LogP contribution >= 0.6 is 0 Å². The molecule has 0 unspecified atom stereocenters. The summed E-state index contributed by atoms with van der Waals surface area (Å²) in [6, 6.07) is 31.8. The molecule has 5 aromatic heterocycles. The van der Waals surface area contributed by atoms with E-state index in [1.54, 1.807) is 0 Å². The van der Waals surface area contributed by atoms with Gasteiger partial charge in [0.2, 0.25) is 11.6 Å². The number of furan rings is 1. The van der Waals surface area contributed by atoms with Crippen LogP contribution in [-0.2, 0) is 0 Å². The lowest BCUT2D eigenvalue weighted by Crippen LogP contribution is -1.87. The summed E-state index contributed by atoms with van der Waals surface area (Å²) in [5.41, 5.74) is 9.22.